The number of amides is 1. The summed E-state index contributed by atoms with van der Waals surface area (Å²) in [6.07, 6.45) is 0.484. The van der Waals surface area contributed by atoms with Crippen molar-refractivity contribution < 1.29 is 13.9 Å². The van der Waals surface area contributed by atoms with Crippen LogP contribution < -0.4 is 5.32 Å². The number of carbonyl (C=O) groups excluding carboxylic acids is 1. The van der Waals surface area contributed by atoms with E-state index in [1.807, 2.05) is 20.8 Å². The Morgan fingerprint density at radius 1 is 1.48 bits per heavy atom. The second-order valence-electron chi connectivity index (χ2n) is 7.06. The molecule has 1 heterocycles. The first kappa shape index (κ1) is 18.2. The first-order valence-electron chi connectivity index (χ1n) is 7.80. The van der Waals surface area contributed by atoms with Crippen LogP contribution in [0.5, 0.6) is 0 Å². The van der Waals surface area contributed by atoms with E-state index in [0.29, 0.717) is 12.1 Å². The van der Waals surface area contributed by atoms with E-state index in [2.05, 4.69) is 26.1 Å². The molecule has 0 radical (unpaired) electrons. The van der Waals surface area contributed by atoms with Gasteiger partial charge in [0, 0.05) is 30.1 Å². The van der Waals surface area contributed by atoms with E-state index in [9.17, 15) is 9.18 Å². The van der Waals surface area contributed by atoms with Crippen LogP contribution in [0.25, 0.3) is 0 Å². The average Bonchev–Trinajstić information content (AvgIpc) is 2.80. The van der Waals surface area contributed by atoms with Crippen LogP contribution in [-0.2, 0) is 11.3 Å². The predicted molar refractivity (Wildman–Crippen MR) is 91.9 cm³/mol. The van der Waals surface area contributed by atoms with Crippen LogP contribution in [0.1, 0.15) is 38.3 Å². The third-order valence-electron chi connectivity index (χ3n) is 3.71. The van der Waals surface area contributed by atoms with Crippen molar-refractivity contribution in [1.82, 2.24) is 10.2 Å². The van der Waals surface area contributed by atoms with Crippen LogP contribution in [-0.4, -0.2) is 35.7 Å². The molecule has 23 heavy (non-hydrogen) atoms. The Labute approximate surface area is 145 Å². The minimum atomic E-state index is -0.493. The monoisotopic (exact) mass is 386 g/mol. The summed E-state index contributed by atoms with van der Waals surface area (Å²) < 4.78 is 19.9. The lowest BCUT2D eigenvalue weighted by molar-refractivity contribution is 0.0506. The van der Waals surface area contributed by atoms with Crippen molar-refractivity contribution >= 4 is 22.0 Å². The molecule has 1 unspecified atom stereocenters. The second-order valence-corrected chi connectivity index (χ2v) is 7.91. The molecule has 1 aromatic rings. The van der Waals surface area contributed by atoms with Crippen LogP contribution in [0.2, 0.25) is 0 Å². The van der Waals surface area contributed by atoms with Crippen molar-refractivity contribution in [2.45, 2.75) is 52.3 Å². The summed E-state index contributed by atoms with van der Waals surface area (Å²) >= 11 is 3.49. The van der Waals surface area contributed by atoms with E-state index in [0.717, 1.165) is 29.5 Å². The van der Waals surface area contributed by atoms with E-state index in [4.69, 9.17) is 4.74 Å². The number of alkyl carbamates (subject to hydrolysis) is 1. The molecule has 1 fully saturated rings. The number of aryl methyl sites for hydroxylation is 1. The van der Waals surface area contributed by atoms with Gasteiger partial charge in [0.05, 0.1) is 0 Å². The number of benzene rings is 1. The molecular formula is C17H24BrFN2O2. The number of carbonyl (C=O) groups is 1. The van der Waals surface area contributed by atoms with Crippen LogP contribution in [0.3, 0.4) is 0 Å². The van der Waals surface area contributed by atoms with Crippen LogP contribution in [0, 0.1) is 12.7 Å². The molecule has 4 nitrogen and oxygen atoms in total. The summed E-state index contributed by atoms with van der Waals surface area (Å²) in [4.78, 5) is 14.0. The van der Waals surface area contributed by atoms with Crippen LogP contribution >= 0.6 is 15.9 Å². The van der Waals surface area contributed by atoms with Crippen LogP contribution in [0.4, 0.5) is 9.18 Å². The molecule has 0 spiro atoms. The lowest BCUT2D eigenvalue weighted by atomic mass is 10.1. The SMILES string of the molecule is Cc1cc(Br)c(CN2CCC(NC(=O)OC(C)(C)C)C2)cc1F. The van der Waals surface area contributed by atoms with Gasteiger partial charge in [0.2, 0.25) is 0 Å². The third kappa shape index (κ3) is 5.46. The molecule has 128 valence electrons. The van der Waals surface area contributed by atoms with Gasteiger partial charge in [-0.3, -0.25) is 4.90 Å². The van der Waals surface area contributed by atoms with Crippen molar-refractivity contribution in [1.29, 1.82) is 0 Å². The molecular weight excluding hydrogens is 363 g/mol. The molecule has 1 aliphatic heterocycles. The number of ether oxygens (including phenoxy) is 1. The first-order valence-corrected chi connectivity index (χ1v) is 8.60. The van der Waals surface area contributed by atoms with Crippen molar-refractivity contribution in [3.63, 3.8) is 0 Å². The molecule has 1 N–H and O–H groups in total. The first-order chi connectivity index (χ1) is 10.6. The zero-order valence-electron chi connectivity index (χ0n) is 14.1. The molecule has 0 bridgehead atoms. The highest BCUT2D eigenvalue weighted by Crippen LogP contribution is 2.24. The lowest BCUT2D eigenvalue weighted by Crippen LogP contribution is -2.40. The molecule has 1 aliphatic rings. The number of halogens is 2. The zero-order valence-corrected chi connectivity index (χ0v) is 15.7. The third-order valence-corrected chi connectivity index (χ3v) is 4.45. The maximum absolute atomic E-state index is 13.7. The fraction of sp³-hybridized carbons (Fsp3) is 0.588. The van der Waals surface area contributed by atoms with Gasteiger partial charge in [-0.25, -0.2) is 9.18 Å². The lowest BCUT2D eigenvalue weighted by Gasteiger charge is -2.22. The van der Waals surface area contributed by atoms with Gasteiger partial charge < -0.3 is 10.1 Å². The Morgan fingerprint density at radius 3 is 2.83 bits per heavy atom. The highest BCUT2D eigenvalue weighted by Gasteiger charge is 2.26. The number of hydrogen-bond acceptors (Lipinski definition) is 3. The van der Waals surface area contributed by atoms with Gasteiger partial charge in [0.25, 0.3) is 0 Å². The van der Waals surface area contributed by atoms with Gasteiger partial charge in [0.15, 0.2) is 0 Å². The van der Waals surface area contributed by atoms with Gasteiger partial charge in [-0.2, -0.15) is 0 Å². The van der Waals surface area contributed by atoms with E-state index >= 15 is 0 Å². The van der Waals surface area contributed by atoms with Crippen molar-refractivity contribution in [2.75, 3.05) is 13.1 Å². The molecule has 2 rings (SSSR count). The summed E-state index contributed by atoms with van der Waals surface area (Å²) in [6.45, 7) is 9.54. The standard InChI is InChI=1S/C17H24BrFN2O2/c1-11-7-14(18)12(8-15(11)19)9-21-6-5-13(10-21)20-16(22)23-17(2,3)4/h7-8,13H,5-6,9-10H2,1-4H3,(H,20,22). The normalized spacial score (nSPS) is 19.0. The summed E-state index contributed by atoms with van der Waals surface area (Å²) in [5, 5.41) is 2.90. The quantitative estimate of drug-likeness (QED) is 0.853. The Bertz CT molecular complexity index is 587. The molecule has 1 saturated heterocycles. The molecule has 1 atom stereocenters. The molecule has 0 aliphatic carbocycles. The zero-order chi connectivity index (χ0) is 17.2. The Kier molecular flexibility index (Phi) is 5.68. The number of nitrogens with zero attached hydrogens (tertiary/aromatic N) is 1. The Balaban J connectivity index is 1.89. The average molecular weight is 387 g/mol. The summed E-state index contributed by atoms with van der Waals surface area (Å²) in [5.41, 5.74) is 1.06. The van der Waals surface area contributed by atoms with E-state index in [-0.39, 0.29) is 18.0 Å². The van der Waals surface area contributed by atoms with Gasteiger partial charge in [0.1, 0.15) is 11.4 Å². The molecule has 0 saturated carbocycles. The van der Waals surface area contributed by atoms with Gasteiger partial charge >= 0.3 is 6.09 Å². The highest BCUT2D eigenvalue weighted by atomic mass is 79.9. The number of rotatable bonds is 3. The van der Waals surface area contributed by atoms with E-state index in [1.54, 1.807) is 19.1 Å². The van der Waals surface area contributed by atoms with Gasteiger partial charge in [-0.15, -0.1) is 0 Å². The number of nitrogens with one attached hydrogen (secondary N) is 1. The Morgan fingerprint density at radius 2 is 2.17 bits per heavy atom. The minimum absolute atomic E-state index is 0.0684. The topological polar surface area (TPSA) is 41.6 Å². The molecule has 1 amide bonds. The van der Waals surface area contributed by atoms with Crippen molar-refractivity contribution in [3.8, 4) is 0 Å². The van der Waals surface area contributed by atoms with Crippen LogP contribution in [0.15, 0.2) is 16.6 Å². The van der Waals surface area contributed by atoms with Gasteiger partial charge in [-0.05, 0) is 57.4 Å². The highest BCUT2D eigenvalue weighted by molar-refractivity contribution is 9.10. The summed E-state index contributed by atoms with van der Waals surface area (Å²) in [6, 6.07) is 3.45. The maximum atomic E-state index is 13.7. The van der Waals surface area contributed by atoms with Crippen molar-refractivity contribution in [2.24, 2.45) is 0 Å². The smallest absolute Gasteiger partial charge is 0.407 e. The molecule has 6 heteroatoms. The van der Waals surface area contributed by atoms with E-state index in [1.165, 1.54) is 0 Å². The molecule has 0 aromatic heterocycles. The van der Waals surface area contributed by atoms with Crippen molar-refractivity contribution in [3.05, 3.63) is 33.5 Å². The fourth-order valence-electron chi connectivity index (χ4n) is 2.62. The minimum Gasteiger partial charge on any atom is -0.444 e. The van der Waals surface area contributed by atoms with E-state index < -0.39 is 5.60 Å². The predicted octanol–water partition coefficient (Wildman–Crippen LogP) is 4.00. The largest absolute Gasteiger partial charge is 0.444 e. The molecule has 1 aromatic carbocycles. The summed E-state index contributed by atoms with van der Waals surface area (Å²) in [7, 11) is 0. The second kappa shape index (κ2) is 7.18. The number of likely N-dealkylation sites (tertiary alicyclic amines) is 1. The summed E-state index contributed by atoms with van der Waals surface area (Å²) in [5.74, 6) is -0.189. The Hall–Kier alpha value is -1.14. The maximum Gasteiger partial charge on any atom is 0.407 e. The van der Waals surface area contributed by atoms with Gasteiger partial charge in [-0.1, -0.05) is 15.9 Å². The number of hydrogen-bond donors (Lipinski definition) is 1. The fourth-order valence-corrected chi connectivity index (χ4v) is 3.20.